The van der Waals surface area contributed by atoms with Crippen LogP contribution in [0.15, 0.2) is 0 Å². The van der Waals surface area contributed by atoms with Crippen LogP contribution >= 0.6 is 15.6 Å². The van der Waals surface area contributed by atoms with Crippen molar-refractivity contribution in [3.63, 3.8) is 0 Å². The van der Waals surface area contributed by atoms with Gasteiger partial charge in [0.15, 0.2) is 12.6 Å². The van der Waals surface area contributed by atoms with Crippen molar-refractivity contribution in [1.82, 2.24) is 10.6 Å². The minimum Gasteiger partial charge on any atom is -0.394 e. The monoisotopic (exact) mass is 952 g/mol. The van der Waals surface area contributed by atoms with Gasteiger partial charge in [0.1, 0.15) is 48.7 Å². The predicted octanol–water partition coefficient (Wildman–Crippen LogP) is 1.85. The molecule has 0 unspecified atom stereocenters. The molecule has 2 fully saturated rings. The van der Waals surface area contributed by atoms with E-state index < -0.39 is 127 Å². The summed E-state index contributed by atoms with van der Waals surface area (Å²) in [6, 6.07) is -3.47. The zero-order valence-corrected chi connectivity index (χ0v) is 39.4. The molecule has 2 heterocycles. The molecule has 2 aliphatic rings. The van der Waals surface area contributed by atoms with Crippen LogP contribution in [0.5, 0.6) is 0 Å². The van der Waals surface area contributed by atoms with Gasteiger partial charge in [-0.25, -0.2) is 9.13 Å². The second-order valence-corrected chi connectivity index (χ2v) is 20.4. The van der Waals surface area contributed by atoms with E-state index in [2.05, 4.69) is 56.7 Å². The van der Waals surface area contributed by atoms with Crippen molar-refractivity contribution in [2.75, 3.05) is 13.2 Å². The Kier molecular flexibility index (Phi) is 25.9. The maximum Gasteiger partial charge on any atom is 0.472 e. The van der Waals surface area contributed by atoms with E-state index in [0.29, 0.717) is 42.9 Å². The third kappa shape index (κ3) is 22.0. The molecule has 2 saturated heterocycles. The van der Waals surface area contributed by atoms with Gasteiger partial charge in [-0.1, -0.05) is 106 Å². The van der Waals surface area contributed by atoms with Crippen LogP contribution in [-0.4, -0.2) is 149 Å². The summed E-state index contributed by atoms with van der Waals surface area (Å²) in [5.41, 5.74) is 0. The first kappa shape index (κ1) is 57.9. The molecule has 63 heavy (non-hydrogen) atoms. The molecule has 21 nitrogen and oxygen atoms in total. The summed E-state index contributed by atoms with van der Waals surface area (Å²) >= 11 is 0. The molecular weight excluding hydrogens is 874 g/mol. The van der Waals surface area contributed by atoms with Crippen molar-refractivity contribution in [3.8, 4) is 0 Å². The van der Waals surface area contributed by atoms with Gasteiger partial charge < -0.3 is 75.1 Å². The molecule has 2 amide bonds. The van der Waals surface area contributed by atoms with Gasteiger partial charge in [0.25, 0.3) is 0 Å². The number of carbonyl (C=O) groups excluding carboxylic acids is 2. The standard InChI is InChI=1S/C40H78N2O19P2/c1-23(2)25(5)15-11-7-9-13-17-27(44)19-31(46)41-33-36(49)35(48)30(59-40(33)61-63(54,55)56)22-57-39-34(37(50)38(29(21-43)58-39)60-62(51,52)53)42-32(47)20-28(45)18-14-10-8-12-16-26(6)24(3)4/h23-30,33-40,43-45,48-50H,7-22H2,1-6H3,(H,41,46)(H,42,47)(H2,51,52,53)(H2,54,55,56)/t25-,26-,27+,28+,29+,30+,33+,34+,35+,36+,37+,38+,39+,40+/m0/s1. The average molecular weight is 953 g/mol. The van der Waals surface area contributed by atoms with E-state index in [4.69, 9.17) is 18.7 Å². The second kappa shape index (κ2) is 28.2. The summed E-state index contributed by atoms with van der Waals surface area (Å²) < 4.78 is 50.0. The SMILES string of the molecule is CC(C)[C@@H](C)CCCCCC[C@@H](O)CC(=O)N[C@H]1[C@H](OC[C@H]2O[C@H](OP(=O)(O)O)[C@H](NC(=O)C[C@H](O)CCCCCC[C@H](C)C(C)C)[C@@H](O)[C@@H]2O)O[C@H](CO)[C@@H](OP(=O)(O)O)[C@@H]1O. The lowest BCUT2D eigenvalue weighted by atomic mass is 9.92. The largest absolute Gasteiger partial charge is 0.472 e. The summed E-state index contributed by atoms with van der Waals surface area (Å²) in [6.07, 6.45) is -8.55. The fraction of sp³-hybridized carbons (Fsp3) is 0.950. The minimum atomic E-state index is -5.39. The van der Waals surface area contributed by atoms with Crippen LogP contribution in [0.25, 0.3) is 0 Å². The first-order valence-electron chi connectivity index (χ1n) is 22.3. The minimum absolute atomic E-state index is 0.282. The topological polar surface area (TPSA) is 341 Å². The second-order valence-electron chi connectivity index (χ2n) is 18.1. The van der Waals surface area contributed by atoms with Gasteiger partial charge in [-0.3, -0.25) is 18.6 Å². The van der Waals surface area contributed by atoms with E-state index >= 15 is 0 Å². The number of rotatable bonds is 30. The molecule has 0 radical (unpaired) electrons. The molecule has 0 spiro atoms. The summed E-state index contributed by atoms with van der Waals surface area (Å²) in [6.45, 7) is 11.3. The predicted molar refractivity (Wildman–Crippen MR) is 227 cm³/mol. The fourth-order valence-electron chi connectivity index (χ4n) is 7.48. The number of ether oxygens (including phenoxy) is 3. The summed E-state index contributed by atoms with van der Waals surface area (Å²) in [5, 5.41) is 69.2. The zero-order chi connectivity index (χ0) is 47.7. The normalized spacial score (nSPS) is 29.0. The van der Waals surface area contributed by atoms with E-state index in [-0.39, 0.29) is 6.42 Å². The van der Waals surface area contributed by atoms with Gasteiger partial charge >= 0.3 is 15.6 Å². The van der Waals surface area contributed by atoms with Gasteiger partial charge in [0, 0.05) is 0 Å². The molecule has 0 saturated carbocycles. The number of hydrogen-bond acceptors (Lipinski definition) is 15. The van der Waals surface area contributed by atoms with Crippen LogP contribution in [-0.2, 0) is 42.0 Å². The molecule has 0 aliphatic carbocycles. The quantitative estimate of drug-likeness (QED) is 0.0361. The van der Waals surface area contributed by atoms with E-state index in [1.165, 1.54) is 0 Å². The van der Waals surface area contributed by atoms with Gasteiger partial charge in [-0.05, 0) is 36.5 Å². The molecule has 0 bridgehead atoms. The smallest absolute Gasteiger partial charge is 0.394 e. The Hall–Kier alpha value is -1.20. The molecular formula is C40H78N2O19P2. The number of carbonyl (C=O) groups is 2. The lowest BCUT2D eigenvalue weighted by Crippen LogP contribution is -2.67. The molecule has 372 valence electrons. The highest BCUT2D eigenvalue weighted by Gasteiger charge is 2.52. The van der Waals surface area contributed by atoms with Crippen molar-refractivity contribution in [2.24, 2.45) is 23.7 Å². The van der Waals surface area contributed by atoms with Crippen molar-refractivity contribution in [1.29, 1.82) is 0 Å². The Morgan fingerprint density at radius 1 is 0.587 bits per heavy atom. The van der Waals surface area contributed by atoms with E-state index in [0.717, 1.165) is 51.4 Å². The first-order valence-corrected chi connectivity index (χ1v) is 25.4. The average Bonchev–Trinajstić information content (AvgIpc) is 3.17. The molecule has 14 atom stereocenters. The van der Waals surface area contributed by atoms with Gasteiger partial charge in [0.2, 0.25) is 11.8 Å². The first-order chi connectivity index (χ1) is 29.3. The van der Waals surface area contributed by atoms with Crippen LogP contribution in [0.2, 0.25) is 0 Å². The van der Waals surface area contributed by atoms with E-state index in [1.54, 1.807) is 0 Å². The van der Waals surface area contributed by atoms with Gasteiger partial charge in [-0.15, -0.1) is 0 Å². The highest BCUT2D eigenvalue weighted by molar-refractivity contribution is 7.46. The zero-order valence-electron chi connectivity index (χ0n) is 37.6. The van der Waals surface area contributed by atoms with E-state index in [1.807, 2.05) is 0 Å². The van der Waals surface area contributed by atoms with Crippen LogP contribution in [0.4, 0.5) is 0 Å². The number of aliphatic hydroxyl groups excluding tert-OH is 6. The Morgan fingerprint density at radius 3 is 1.41 bits per heavy atom. The number of amides is 2. The highest BCUT2D eigenvalue weighted by atomic mass is 31.2. The fourth-order valence-corrected chi connectivity index (χ4v) is 8.51. The molecule has 0 aromatic rings. The number of hydrogen-bond donors (Lipinski definition) is 12. The lowest BCUT2D eigenvalue weighted by molar-refractivity contribution is -0.294. The maximum absolute atomic E-state index is 13.2. The number of nitrogens with one attached hydrogen (secondary N) is 2. The van der Waals surface area contributed by atoms with Crippen molar-refractivity contribution in [3.05, 3.63) is 0 Å². The van der Waals surface area contributed by atoms with Crippen LogP contribution in [0.1, 0.15) is 131 Å². The molecule has 2 rings (SSSR count). The summed E-state index contributed by atoms with van der Waals surface area (Å²) in [4.78, 5) is 64.3. The Labute approximate surface area is 371 Å². The Morgan fingerprint density at radius 2 is 1.00 bits per heavy atom. The highest BCUT2D eigenvalue weighted by Crippen LogP contribution is 2.43. The Balaban J connectivity index is 2.10. The molecule has 2 aliphatic heterocycles. The van der Waals surface area contributed by atoms with Crippen LogP contribution in [0.3, 0.4) is 0 Å². The number of aliphatic hydroxyl groups is 6. The maximum atomic E-state index is 13.2. The molecule has 12 N–H and O–H groups in total. The third-order valence-electron chi connectivity index (χ3n) is 12.1. The number of phosphoric acid groups is 2. The van der Waals surface area contributed by atoms with Crippen molar-refractivity contribution >= 4 is 27.5 Å². The van der Waals surface area contributed by atoms with Crippen molar-refractivity contribution in [2.45, 2.75) is 205 Å². The molecule has 0 aromatic heterocycles. The number of phosphoric ester groups is 2. The van der Waals surface area contributed by atoms with Crippen LogP contribution < -0.4 is 10.6 Å². The summed E-state index contributed by atoms with van der Waals surface area (Å²) in [7, 11) is -10.7. The molecule has 23 heteroatoms. The number of unbranched alkanes of at least 4 members (excludes halogenated alkanes) is 6. The van der Waals surface area contributed by atoms with E-state index in [9.17, 15) is 68.9 Å². The Bertz CT molecular complexity index is 1420. The van der Waals surface area contributed by atoms with Gasteiger partial charge in [-0.2, -0.15) is 0 Å². The third-order valence-corrected chi connectivity index (χ3v) is 13.1. The van der Waals surface area contributed by atoms with Crippen LogP contribution in [0, 0.1) is 23.7 Å². The van der Waals surface area contributed by atoms with Crippen molar-refractivity contribution < 1.29 is 92.2 Å². The lowest BCUT2D eigenvalue weighted by Gasteiger charge is -2.45. The summed E-state index contributed by atoms with van der Waals surface area (Å²) in [5.74, 6) is 0.685. The molecule has 0 aromatic carbocycles. The van der Waals surface area contributed by atoms with Gasteiger partial charge in [0.05, 0.1) is 38.3 Å².